The highest BCUT2D eigenvalue weighted by Crippen LogP contribution is 2.28. The molecule has 5 heteroatoms. The second kappa shape index (κ2) is 7.09. The van der Waals surface area contributed by atoms with Crippen LogP contribution in [0.3, 0.4) is 0 Å². The second-order valence-electron chi connectivity index (χ2n) is 4.16. The highest BCUT2D eigenvalue weighted by molar-refractivity contribution is 6.04. The van der Waals surface area contributed by atoms with E-state index in [-0.39, 0.29) is 5.91 Å². The largest absolute Gasteiger partial charge is 0.493 e. The van der Waals surface area contributed by atoms with Crippen molar-refractivity contribution < 1.29 is 14.3 Å². The van der Waals surface area contributed by atoms with Crippen LogP contribution >= 0.6 is 0 Å². The Morgan fingerprint density at radius 1 is 1.29 bits per heavy atom. The molecule has 0 radical (unpaired) electrons. The molecule has 21 heavy (non-hydrogen) atoms. The van der Waals surface area contributed by atoms with Crippen molar-refractivity contribution in [2.24, 2.45) is 0 Å². The number of amides is 1. The summed E-state index contributed by atoms with van der Waals surface area (Å²) in [6.45, 7) is 3.96. The number of carbonyl (C=O) groups excluding carboxylic acids is 1. The standard InChI is InChI=1S/C16H16N2O3/c1-3-10-21-14-5-4-12(11-15(14)20-2)16(19)18-13-6-8-17-9-7-13/h3-9,11H,1,10H2,2H3,(H,17,18,19). The molecular weight excluding hydrogens is 268 g/mol. The smallest absolute Gasteiger partial charge is 0.255 e. The number of carbonyl (C=O) groups is 1. The van der Waals surface area contributed by atoms with Crippen molar-refractivity contribution in [3.63, 3.8) is 0 Å². The molecule has 5 nitrogen and oxygen atoms in total. The topological polar surface area (TPSA) is 60.5 Å². The van der Waals surface area contributed by atoms with Crippen LogP contribution in [-0.2, 0) is 0 Å². The molecule has 0 aliphatic rings. The molecule has 1 amide bonds. The summed E-state index contributed by atoms with van der Waals surface area (Å²) in [6.07, 6.45) is 4.87. The molecule has 0 saturated heterocycles. The Kier molecular flexibility index (Phi) is 4.93. The van der Waals surface area contributed by atoms with E-state index in [1.54, 1.807) is 48.8 Å². The molecule has 0 aliphatic carbocycles. The van der Waals surface area contributed by atoms with Crippen LogP contribution in [0.25, 0.3) is 0 Å². The first-order chi connectivity index (χ1) is 10.2. The summed E-state index contributed by atoms with van der Waals surface area (Å²) in [4.78, 5) is 16.1. The normalized spacial score (nSPS) is 9.76. The van der Waals surface area contributed by atoms with E-state index in [4.69, 9.17) is 9.47 Å². The van der Waals surface area contributed by atoms with Crippen LogP contribution in [0.2, 0.25) is 0 Å². The Morgan fingerprint density at radius 3 is 2.71 bits per heavy atom. The minimum atomic E-state index is -0.227. The van der Waals surface area contributed by atoms with Gasteiger partial charge in [-0.2, -0.15) is 0 Å². The van der Waals surface area contributed by atoms with Crippen molar-refractivity contribution in [2.75, 3.05) is 19.0 Å². The van der Waals surface area contributed by atoms with Crippen LogP contribution in [-0.4, -0.2) is 24.6 Å². The van der Waals surface area contributed by atoms with Crippen LogP contribution < -0.4 is 14.8 Å². The van der Waals surface area contributed by atoms with Crippen LogP contribution in [0.15, 0.2) is 55.4 Å². The maximum atomic E-state index is 12.2. The van der Waals surface area contributed by atoms with E-state index >= 15 is 0 Å². The average molecular weight is 284 g/mol. The highest BCUT2D eigenvalue weighted by Gasteiger charge is 2.11. The van der Waals surface area contributed by atoms with Gasteiger partial charge in [-0.05, 0) is 30.3 Å². The van der Waals surface area contributed by atoms with E-state index < -0.39 is 0 Å². The van der Waals surface area contributed by atoms with E-state index in [9.17, 15) is 4.79 Å². The zero-order chi connectivity index (χ0) is 15.1. The van der Waals surface area contributed by atoms with Gasteiger partial charge in [0, 0.05) is 23.6 Å². The summed E-state index contributed by atoms with van der Waals surface area (Å²) >= 11 is 0. The van der Waals surface area contributed by atoms with Crippen LogP contribution in [0.4, 0.5) is 5.69 Å². The fourth-order valence-electron chi connectivity index (χ4n) is 1.72. The maximum absolute atomic E-state index is 12.2. The van der Waals surface area contributed by atoms with Crippen LogP contribution in [0.1, 0.15) is 10.4 Å². The number of rotatable bonds is 6. The van der Waals surface area contributed by atoms with Crippen molar-refractivity contribution in [2.45, 2.75) is 0 Å². The number of anilines is 1. The summed E-state index contributed by atoms with van der Waals surface area (Å²) in [6, 6.07) is 8.45. The number of nitrogens with one attached hydrogen (secondary N) is 1. The monoisotopic (exact) mass is 284 g/mol. The number of ether oxygens (including phenoxy) is 2. The molecule has 1 aromatic heterocycles. The lowest BCUT2D eigenvalue weighted by molar-refractivity contribution is 0.102. The molecule has 0 saturated carbocycles. The van der Waals surface area contributed by atoms with Gasteiger partial charge in [-0.15, -0.1) is 0 Å². The van der Waals surface area contributed by atoms with Crippen molar-refractivity contribution in [1.29, 1.82) is 0 Å². The van der Waals surface area contributed by atoms with Gasteiger partial charge in [0.1, 0.15) is 6.61 Å². The zero-order valence-electron chi connectivity index (χ0n) is 11.7. The minimum absolute atomic E-state index is 0.227. The van der Waals surface area contributed by atoms with Crippen molar-refractivity contribution in [3.05, 3.63) is 60.9 Å². The Labute approximate surface area is 123 Å². The summed E-state index contributed by atoms with van der Waals surface area (Å²) in [7, 11) is 1.53. The minimum Gasteiger partial charge on any atom is -0.493 e. The number of hydrogen-bond acceptors (Lipinski definition) is 4. The van der Waals surface area contributed by atoms with Crippen molar-refractivity contribution in [1.82, 2.24) is 4.98 Å². The molecule has 0 unspecified atom stereocenters. The third kappa shape index (κ3) is 3.82. The Hall–Kier alpha value is -2.82. The summed E-state index contributed by atoms with van der Waals surface area (Å²) < 4.78 is 10.7. The molecule has 1 N–H and O–H groups in total. The van der Waals surface area contributed by atoms with Gasteiger partial charge < -0.3 is 14.8 Å². The fraction of sp³-hybridized carbons (Fsp3) is 0.125. The third-order valence-corrected chi connectivity index (χ3v) is 2.72. The van der Waals surface area contributed by atoms with E-state index in [0.717, 1.165) is 0 Å². The average Bonchev–Trinajstić information content (AvgIpc) is 2.53. The first-order valence-electron chi connectivity index (χ1n) is 6.37. The van der Waals surface area contributed by atoms with E-state index in [0.29, 0.717) is 29.4 Å². The first-order valence-corrected chi connectivity index (χ1v) is 6.37. The Balaban J connectivity index is 2.16. The predicted molar refractivity (Wildman–Crippen MR) is 80.9 cm³/mol. The number of methoxy groups -OCH3 is 1. The van der Waals surface area contributed by atoms with Crippen LogP contribution in [0, 0.1) is 0 Å². The van der Waals surface area contributed by atoms with Crippen LogP contribution in [0.5, 0.6) is 11.5 Å². The Morgan fingerprint density at radius 2 is 2.05 bits per heavy atom. The van der Waals surface area contributed by atoms with Gasteiger partial charge in [-0.25, -0.2) is 0 Å². The molecular formula is C16H16N2O3. The molecule has 0 fully saturated rings. The predicted octanol–water partition coefficient (Wildman–Crippen LogP) is 2.91. The van der Waals surface area contributed by atoms with E-state index in [1.165, 1.54) is 7.11 Å². The molecule has 0 bridgehead atoms. The summed E-state index contributed by atoms with van der Waals surface area (Å²) in [5.74, 6) is 0.840. The molecule has 0 aliphatic heterocycles. The Bertz CT molecular complexity index is 627. The lowest BCUT2D eigenvalue weighted by Gasteiger charge is -2.11. The second-order valence-corrected chi connectivity index (χ2v) is 4.16. The van der Waals surface area contributed by atoms with Gasteiger partial charge in [0.05, 0.1) is 7.11 Å². The number of aromatic nitrogens is 1. The molecule has 0 atom stereocenters. The fourth-order valence-corrected chi connectivity index (χ4v) is 1.72. The lowest BCUT2D eigenvalue weighted by Crippen LogP contribution is -2.12. The molecule has 1 aromatic carbocycles. The van der Waals surface area contributed by atoms with Gasteiger partial charge in [-0.3, -0.25) is 9.78 Å². The van der Waals surface area contributed by atoms with Crippen molar-refractivity contribution in [3.8, 4) is 11.5 Å². The van der Waals surface area contributed by atoms with Gasteiger partial charge in [0.2, 0.25) is 0 Å². The quantitative estimate of drug-likeness (QED) is 0.829. The molecule has 1 heterocycles. The maximum Gasteiger partial charge on any atom is 0.255 e. The van der Waals surface area contributed by atoms with Gasteiger partial charge >= 0.3 is 0 Å². The number of hydrogen-bond donors (Lipinski definition) is 1. The van der Waals surface area contributed by atoms with E-state index in [2.05, 4.69) is 16.9 Å². The lowest BCUT2D eigenvalue weighted by atomic mass is 10.2. The number of benzene rings is 1. The van der Waals surface area contributed by atoms with Gasteiger partial charge in [0.25, 0.3) is 5.91 Å². The van der Waals surface area contributed by atoms with Gasteiger partial charge in [-0.1, -0.05) is 12.7 Å². The van der Waals surface area contributed by atoms with Crippen molar-refractivity contribution >= 4 is 11.6 Å². The number of pyridine rings is 1. The highest BCUT2D eigenvalue weighted by atomic mass is 16.5. The molecule has 108 valence electrons. The van der Waals surface area contributed by atoms with E-state index in [1.807, 2.05) is 0 Å². The summed E-state index contributed by atoms with van der Waals surface area (Å²) in [5.41, 5.74) is 1.16. The third-order valence-electron chi connectivity index (χ3n) is 2.72. The summed E-state index contributed by atoms with van der Waals surface area (Å²) in [5, 5.41) is 2.78. The molecule has 0 spiro atoms. The first kappa shape index (κ1) is 14.6. The number of nitrogens with zero attached hydrogens (tertiary/aromatic N) is 1. The molecule has 2 aromatic rings. The van der Waals surface area contributed by atoms with Gasteiger partial charge in [0.15, 0.2) is 11.5 Å². The molecule has 2 rings (SSSR count). The SMILES string of the molecule is C=CCOc1ccc(C(=O)Nc2ccncc2)cc1OC. The zero-order valence-corrected chi connectivity index (χ0v) is 11.7.